The standard InChI is InChI=1S/C23H29NO2/c1-7-26-19-13-11-18(12-14-19)23(6)15-22(4,5)24(17(3)25)21-16(2)9-8-10-20(21)23/h8-14H,7,15H2,1-6H3/t23-/m0/s1. The van der Waals surface area contributed by atoms with Crippen molar-refractivity contribution in [2.45, 2.75) is 58.9 Å². The largest absolute Gasteiger partial charge is 0.494 e. The highest BCUT2D eigenvalue weighted by atomic mass is 16.5. The first-order chi connectivity index (χ1) is 12.2. The maximum absolute atomic E-state index is 12.5. The fourth-order valence-electron chi connectivity index (χ4n) is 4.67. The van der Waals surface area contributed by atoms with E-state index in [1.165, 1.54) is 11.1 Å². The van der Waals surface area contributed by atoms with Crippen LogP contribution in [-0.2, 0) is 10.2 Å². The van der Waals surface area contributed by atoms with Crippen molar-refractivity contribution in [2.24, 2.45) is 0 Å². The third kappa shape index (κ3) is 2.90. The van der Waals surface area contributed by atoms with E-state index in [1.807, 2.05) is 24.0 Å². The molecule has 0 aliphatic carbocycles. The first-order valence-corrected chi connectivity index (χ1v) is 9.35. The number of para-hydroxylation sites is 1. The third-order valence-corrected chi connectivity index (χ3v) is 5.56. The van der Waals surface area contributed by atoms with Crippen molar-refractivity contribution in [1.29, 1.82) is 0 Å². The van der Waals surface area contributed by atoms with Crippen LogP contribution < -0.4 is 9.64 Å². The number of aryl methyl sites for hydroxylation is 1. The highest BCUT2D eigenvalue weighted by molar-refractivity contribution is 5.96. The minimum atomic E-state index is -0.266. The number of carbonyl (C=O) groups is 1. The Balaban J connectivity index is 2.20. The van der Waals surface area contributed by atoms with E-state index < -0.39 is 0 Å². The Morgan fingerprint density at radius 3 is 2.35 bits per heavy atom. The first-order valence-electron chi connectivity index (χ1n) is 9.35. The van der Waals surface area contributed by atoms with Gasteiger partial charge in [-0.2, -0.15) is 0 Å². The topological polar surface area (TPSA) is 29.5 Å². The Morgan fingerprint density at radius 2 is 1.77 bits per heavy atom. The summed E-state index contributed by atoms with van der Waals surface area (Å²) in [5.74, 6) is 0.990. The highest BCUT2D eigenvalue weighted by Gasteiger charge is 2.47. The van der Waals surface area contributed by atoms with Crippen LogP contribution in [0.15, 0.2) is 42.5 Å². The van der Waals surface area contributed by atoms with Gasteiger partial charge in [0.2, 0.25) is 5.91 Å². The predicted octanol–water partition coefficient (Wildman–Crippen LogP) is 5.23. The zero-order chi connectivity index (χ0) is 19.1. The summed E-state index contributed by atoms with van der Waals surface area (Å²) in [6, 6.07) is 14.8. The van der Waals surface area contributed by atoms with Crippen LogP contribution in [0.2, 0.25) is 0 Å². The zero-order valence-corrected chi connectivity index (χ0v) is 16.7. The summed E-state index contributed by atoms with van der Waals surface area (Å²) in [5.41, 5.74) is 4.25. The van der Waals surface area contributed by atoms with E-state index in [2.05, 4.69) is 58.0 Å². The van der Waals surface area contributed by atoms with Crippen LogP contribution >= 0.6 is 0 Å². The lowest BCUT2D eigenvalue weighted by molar-refractivity contribution is -0.117. The molecule has 138 valence electrons. The number of hydrogen-bond acceptors (Lipinski definition) is 2. The summed E-state index contributed by atoms with van der Waals surface area (Å²) >= 11 is 0. The van der Waals surface area contributed by atoms with Crippen molar-refractivity contribution in [3.05, 3.63) is 59.2 Å². The molecule has 0 radical (unpaired) electrons. The van der Waals surface area contributed by atoms with Gasteiger partial charge in [0, 0.05) is 17.9 Å². The molecule has 1 aliphatic rings. The second-order valence-corrected chi connectivity index (χ2v) is 8.10. The van der Waals surface area contributed by atoms with Crippen LogP contribution in [0, 0.1) is 6.92 Å². The van der Waals surface area contributed by atoms with Gasteiger partial charge in [0.1, 0.15) is 5.75 Å². The molecular weight excluding hydrogens is 322 g/mol. The van der Waals surface area contributed by atoms with E-state index in [0.29, 0.717) is 6.61 Å². The molecular formula is C23H29NO2. The lowest BCUT2D eigenvalue weighted by atomic mass is 9.64. The molecule has 0 saturated heterocycles. The van der Waals surface area contributed by atoms with Crippen LogP contribution in [0.25, 0.3) is 0 Å². The minimum absolute atomic E-state index is 0.0966. The van der Waals surface area contributed by atoms with Gasteiger partial charge in [-0.15, -0.1) is 0 Å². The molecule has 2 aromatic rings. The molecule has 1 heterocycles. The molecule has 3 nitrogen and oxygen atoms in total. The van der Waals surface area contributed by atoms with E-state index in [0.717, 1.165) is 23.4 Å². The number of carbonyl (C=O) groups excluding carboxylic acids is 1. The molecule has 0 fully saturated rings. The minimum Gasteiger partial charge on any atom is -0.494 e. The van der Waals surface area contributed by atoms with E-state index in [9.17, 15) is 4.79 Å². The predicted molar refractivity (Wildman–Crippen MR) is 107 cm³/mol. The smallest absolute Gasteiger partial charge is 0.224 e. The van der Waals surface area contributed by atoms with Gasteiger partial charge in [-0.05, 0) is 62.9 Å². The highest BCUT2D eigenvalue weighted by Crippen LogP contribution is 2.51. The third-order valence-electron chi connectivity index (χ3n) is 5.56. The zero-order valence-electron chi connectivity index (χ0n) is 16.7. The van der Waals surface area contributed by atoms with Gasteiger partial charge in [0.05, 0.1) is 12.3 Å². The van der Waals surface area contributed by atoms with Gasteiger partial charge in [-0.3, -0.25) is 4.79 Å². The Bertz CT molecular complexity index is 823. The van der Waals surface area contributed by atoms with Crippen molar-refractivity contribution in [3.8, 4) is 5.75 Å². The molecule has 0 N–H and O–H groups in total. The average Bonchev–Trinajstić information content (AvgIpc) is 2.55. The van der Waals surface area contributed by atoms with Gasteiger partial charge >= 0.3 is 0 Å². The number of benzene rings is 2. The summed E-state index contributed by atoms with van der Waals surface area (Å²) in [6.07, 6.45) is 0.865. The molecule has 0 saturated carbocycles. The van der Waals surface area contributed by atoms with Gasteiger partial charge in [-0.25, -0.2) is 0 Å². The van der Waals surface area contributed by atoms with Crippen molar-refractivity contribution in [2.75, 3.05) is 11.5 Å². The Morgan fingerprint density at radius 1 is 1.12 bits per heavy atom. The van der Waals surface area contributed by atoms with Crippen LogP contribution in [0.4, 0.5) is 5.69 Å². The molecule has 0 unspecified atom stereocenters. The summed E-state index contributed by atoms with van der Waals surface area (Å²) in [4.78, 5) is 14.5. The van der Waals surface area contributed by atoms with Crippen LogP contribution in [-0.4, -0.2) is 18.1 Å². The second-order valence-electron chi connectivity index (χ2n) is 8.10. The molecule has 1 amide bonds. The number of ether oxygens (including phenoxy) is 1. The van der Waals surface area contributed by atoms with E-state index in [1.54, 1.807) is 6.92 Å². The number of anilines is 1. The fraction of sp³-hybridized carbons (Fsp3) is 0.435. The molecule has 0 spiro atoms. The summed E-state index contributed by atoms with van der Waals surface area (Å²) in [6.45, 7) is 13.0. The first kappa shape index (κ1) is 18.5. The molecule has 0 bridgehead atoms. The second kappa shape index (κ2) is 6.46. The molecule has 0 aromatic heterocycles. The number of fused-ring (bicyclic) bond motifs is 1. The monoisotopic (exact) mass is 351 g/mol. The maximum Gasteiger partial charge on any atom is 0.224 e. The van der Waals surface area contributed by atoms with Gasteiger partial charge in [0.15, 0.2) is 0 Å². The number of hydrogen-bond donors (Lipinski definition) is 0. The van der Waals surface area contributed by atoms with Crippen molar-refractivity contribution in [1.82, 2.24) is 0 Å². The van der Waals surface area contributed by atoms with Crippen LogP contribution in [0.1, 0.15) is 57.7 Å². The Kier molecular flexibility index (Phi) is 4.60. The van der Waals surface area contributed by atoms with E-state index in [-0.39, 0.29) is 16.9 Å². The summed E-state index contributed by atoms with van der Waals surface area (Å²) < 4.78 is 5.61. The lowest BCUT2D eigenvalue weighted by Crippen LogP contribution is -2.55. The summed E-state index contributed by atoms with van der Waals surface area (Å²) in [7, 11) is 0. The van der Waals surface area contributed by atoms with Crippen molar-refractivity contribution < 1.29 is 9.53 Å². The van der Waals surface area contributed by atoms with Crippen molar-refractivity contribution in [3.63, 3.8) is 0 Å². The molecule has 1 aliphatic heterocycles. The molecule has 3 rings (SSSR count). The van der Waals surface area contributed by atoms with E-state index in [4.69, 9.17) is 4.74 Å². The number of rotatable bonds is 3. The molecule has 26 heavy (non-hydrogen) atoms. The number of amides is 1. The van der Waals surface area contributed by atoms with Gasteiger partial charge in [-0.1, -0.05) is 37.3 Å². The molecule has 3 heteroatoms. The molecule has 1 atom stereocenters. The summed E-state index contributed by atoms with van der Waals surface area (Å²) in [5, 5.41) is 0. The quantitative estimate of drug-likeness (QED) is 0.757. The SMILES string of the molecule is CCOc1ccc([C@]2(C)CC(C)(C)N(C(C)=O)c3c(C)cccc32)cc1. The normalized spacial score (nSPS) is 21.2. The lowest BCUT2D eigenvalue weighted by Gasteiger charge is -2.51. The van der Waals surface area contributed by atoms with Crippen LogP contribution in [0.3, 0.4) is 0 Å². The van der Waals surface area contributed by atoms with Crippen LogP contribution in [0.5, 0.6) is 5.75 Å². The van der Waals surface area contributed by atoms with Gasteiger partial charge in [0.25, 0.3) is 0 Å². The van der Waals surface area contributed by atoms with E-state index >= 15 is 0 Å². The van der Waals surface area contributed by atoms with Gasteiger partial charge < -0.3 is 9.64 Å². The van der Waals surface area contributed by atoms with Crippen molar-refractivity contribution >= 4 is 11.6 Å². The maximum atomic E-state index is 12.5. The number of nitrogens with zero attached hydrogens (tertiary/aromatic N) is 1. The molecule has 2 aromatic carbocycles. The Labute approximate surface area is 157 Å². The fourth-order valence-corrected chi connectivity index (χ4v) is 4.67. The average molecular weight is 351 g/mol. The Hall–Kier alpha value is -2.29.